The second kappa shape index (κ2) is 7.42. The highest BCUT2D eigenvalue weighted by Crippen LogP contribution is 2.23. The quantitative estimate of drug-likeness (QED) is 0.748. The van der Waals surface area contributed by atoms with Crippen LogP contribution in [-0.2, 0) is 6.54 Å². The predicted octanol–water partition coefficient (Wildman–Crippen LogP) is 3.11. The van der Waals surface area contributed by atoms with E-state index >= 15 is 0 Å². The van der Waals surface area contributed by atoms with Crippen LogP contribution in [0.5, 0.6) is 5.88 Å². The van der Waals surface area contributed by atoms with E-state index in [-0.39, 0.29) is 5.88 Å². The van der Waals surface area contributed by atoms with Gasteiger partial charge in [-0.25, -0.2) is 13.8 Å². The molecule has 0 aliphatic rings. The van der Waals surface area contributed by atoms with Crippen LogP contribution >= 0.6 is 0 Å². The molecule has 1 N–H and O–H groups in total. The summed E-state index contributed by atoms with van der Waals surface area (Å²) in [5.41, 5.74) is 0.600. The lowest BCUT2D eigenvalue weighted by Crippen LogP contribution is -2.34. The molecule has 0 unspecified atom stereocenters. The normalized spacial score (nSPS) is 12.2. The van der Waals surface area contributed by atoms with Gasteiger partial charge in [-0.05, 0) is 18.5 Å². The Balaban J connectivity index is 2.51. The van der Waals surface area contributed by atoms with Crippen LogP contribution in [0.1, 0.15) is 19.5 Å². The van der Waals surface area contributed by atoms with Crippen molar-refractivity contribution in [2.75, 3.05) is 13.2 Å². The molecule has 7 heteroatoms. The van der Waals surface area contributed by atoms with Crippen LogP contribution in [0, 0.1) is 5.92 Å². The van der Waals surface area contributed by atoms with Crippen molar-refractivity contribution in [1.29, 1.82) is 0 Å². The first-order chi connectivity index (χ1) is 9.31. The summed E-state index contributed by atoms with van der Waals surface area (Å²) in [5.74, 6) is -3.79. The number of hydrogen-bond donors (Lipinski definition) is 1. The Morgan fingerprint density at radius 2 is 2.00 bits per heavy atom. The molecule has 0 saturated carbocycles. The van der Waals surface area contributed by atoms with E-state index in [2.05, 4.69) is 15.0 Å². The summed E-state index contributed by atoms with van der Waals surface area (Å²) in [5, 5.41) is 3.13. The van der Waals surface area contributed by atoms with Crippen molar-refractivity contribution in [2.24, 2.45) is 5.92 Å². The minimum Gasteiger partial charge on any atom is -0.471 e. The molecule has 0 saturated heterocycles. The van der Waals surface area contributed by atoms with Crippen molar-refractivity contribution in [3.63, 3.8) is 0 Å². The van der Waals surface area contributed by atoms with Crippen LogP contribution in [-0.4, -0.2) is 30.5 Å². The average Bonchev–Trinajstić information content (AvgIpc) is 2.36. The maximum absolute atomic E-state index is 12.7. The Morgan fingerprint density at radius 1 is 1.30 bits per heavy atom. The summed E-state index contributed by atoms with van der Waals surface area (Å²) in [6.07, 6.45) is -3.75. The predicted molar refractivity (Wildman–Crippen MR) is 67.2 cm³/mol. The Labute approximate surface area is 115 Å². The van der Waals surface area contributed by atoms with Gasteiger partial charge in [0.2, 0.25) is 5.88 Å². The lowest BCUT2D eigenvalue weighted by Gasteiger charge is -2.15. The van der Waals surface area contributed by atoms with Gasteiger partial charge in [0.1, 0.15) is 0 Å². The number of ether oxygens (including phenoxy) is 1. The van der Waals surface area contributed by atoms with Gasteiger partial charge in [-0.1, -0.05) is 19.9 Å². The fourth-order valence-corrected chi connectivity index (χ4v) is 1.36. The largest absolute Gasteiger partial charge is 0.471 e. The highest BCUT2D eigenvalue weighted by molar-refractivity contribution is 5.15. The van der Waals surface area contributed by atoms with Crippen molar-refractivity contribution >= 4 is 0 Å². The Kier molecular flexibility index (Phi) is 6.19. The van der Waals surface area contributed by atoms with Gasteiger partial charge in [0.15, 0.2) is 6.61 Å². The average molecular weight is 294 g/mol. The first-order valence-corrected chi connectivity index (χ1v) is 6.26. The smallest absolute Gasteiger partial charge is 0.340 e. The molecule has 20 heavy (non-hydrogen) atoms. The Hall–Kier alpha value is -1.37. The number of aromatic nitrogens is 1. The van der Waals surface area contributed by atoms with E-state index in [1.807, 2.05) is 13.8 Å². The second-order valence-electron chi connectivity index (χ2n) is 4.84. The first kappa shape index (κ1) is 16.7. The van der Waals surface area contributed by atoms with Crippen molar-refractivity contribution in [3.05, 3.63) is 23.9 Å². The number of hydrogen-bond acceptors (Lipinski definition) is 3. The van der Waals surface area contributed by atoms with Crippen molar-refractivity contribution < 1.29 is 22.3 Å². The Morgan fingerprint density at radius 3 is 2.60 bits per heavy atom. The van der Waals surface area contributed by atoms with Crippen molar-refractivity contribution in [2.45, 2.75) is 32.7 Å². The van der Waals surface area contributed by atoms with E-state index < -0.39 is 19.0 Å². The number of halogens is 4. The summed E-state index contributed by atoms with van der Waals surface area (Å²) in [4.78, 5) is 3.97. The molecule has 0 aromatic carbocycles. The van der Waals surface area contributed by atoms with Crippen molar-refractivity contribution in [1.82, 2.24) is 10.3 Å². The standard InChI is InChI=1S/C13H18F4N2O/c1-9(2)6-18-7-10-4-3-5-11(19-10)20-8-13(16,17)12(14)15/h3-5,9,12,18H,6-8H2,1-2H3. The first-order valence-electron chi connectivity index (χ1n) is 6.26. The molecule has 0 fully saturated rings. The molecular formula is C13H18F4N2O. The lowest BCUT2D eigenvalue weighted by molar-refractivity contribution is -0.148. The monoisotopic (exact) mass is 294 g/mol. The van der Waals surface area contributed by atoms with Crippen molar-refractivity contribution in [3.8, 4) is 5.88 Å². The molecule has 1 rings (SSSR count). The summed E-state index contributed by atoms with van der Waals surface area (Å²) >= 11 is 0. The maximum atomic E-state index is 12.7. The summed E-state index contributed by atoms with van der Waals surface area (Å²) in [7, 11) is 0. The third kappa shape index (κ3) is 5.73. The lowest BCUT2D eigenvalue weighted by atomic mass is 10.2. The molecule has 0 spiro atoms. The molecular weight excluding hydrogens is 276 g/mol. The van der Waals surface area contributed by atoms with Crippen LogP contribution in [0.4, 0.5) is 17.6 Å². The molecule has 0 atom stereocenters. The molecule has 0 aliphatic heterocycles. The molecule has 1 aromatic heterocycles. The van der Waals surface area contributed by atoms with Crippen LogP contribution < -0.4 is 10.1 Å². The molecule has 1 heterocycles. The van der Waals surface area contributed by atoms with Crippen LogP contribution in [0.2, 0.25) is 0 Å². The van der Waals surface area contributed by atoms with E-state index in [4.69, 9.17) is 0 Å². The van der Waals surface area contributed by atoms with E-state index in [1.54, 1.807) is 12.1 Å². The number of nitrogens with one attached hydrogen (secondary N) is 1. The van der Waals surface area contributed by atoms with E-state index in [0.717, 1.165) is 6.54 Å². The SMILES string of the molecule is CC(C)CNCc1cccc(OCC(F)(F)C(F)F)n1. The van der Waals surface area contributed by atoms with Crippen LogP contribution in [0.3, 0.4) is 0 Å². The third-order valence-corrected chi connectivity index (χ3v) is 2.37. The van der Waals surface area contributed by atoms with Gasteiger partial charge in [0.05, 0.1) is 5.69 Å². The van der Waals surface area contributed by atoms with Gasteiger partial charge in [-0.15, -0.1) is 0 Å². The highest BCUT2D eigenvalue weighted by atomic mass is 19.3. The number of alkyl halides is 4. The Bertz CT molecular complexity index is 413. The zero-order chi connectivity index (χ0) is 15.2. The second-order valence-corrected chi connectivity index (χ2v) is 4.84. The topological polar surface area (TPSA) is 34.1 Å². The minimum atomic E-state index is -4.17. The molecule has 0 amide bonds. The molecule has 0 aliphatic carbocycles. The molecule has 0 radical (unpaired) electrons. The van der Waals surface area contributed by atoms with Gasteiger partial charge >= 0.3 is 12.3 Å². The number of rotatable bonds is 8. The zero-order valence-corrected chi connectivity index (χ0v) is 11.4. The van der Waals surface area contributed by atoms with Crippen LogP contribution in [0.25, 0.3) is 0 Å². The van der Waals surface area contributed by atoms with E-state index in [0.29, 0.717) is 18.2 Å². The molecule has 0 bridgehead atoms. The number of nitrogens with zero attached hydrogens (tertiary/aromatic N) is 1. The van der Waals surface area contributed by atoms with Gasteiger partial charge in [-0.2, -0.15) is 8.78 Å². The van der Waals surface area contributed by atoms with E-state index in [1.165, 1.54) is 6.07 Å². The molecule has 3 nitrogen and oxygen atoms in total. The minimum absolute atomic E-state index is 0.0887. The summed E-state index contributed by atoms with van der Waals surface area (Å²) in [6.45, 7) is 3.95. The summed E-state index contributed by atoms with van der Waals surface area (Å²) in [6, 6.07) is 4.63. The maximum Gasteiger partial charge on any atom is 0.340 e. The number of pyridine rings is 1. The van der Waals surface area contributed by atoms with Gasteiger partial charge in [0, 0.05) is 12.6 Å². The third-order valence-electron chi connectivity index (χ3n) is 2.37. The zero-order valence-electron chi connectivity index (χ0n) is 11.4. The van der Waals surface area contributed by atoms with Gasteiger partial charge in [0.25, 0.3) is 0 Å². The van der Waals surface area contributed by atoms with Gasteiger partial charge in [-0.3, -0.25) is 0 Å². The fraction of sp³-hybridized carbons (Fsp3) is 0.615. The molecule has 114 valence electrons. The fourth-order valence-electron chi connectivity index (χ4n) is 1.36. The highest BCUT2D eigenvalue weighted by Gasteiger charge is 2.41. The summed E-state index contributed by atoms with van der Waals surface area (Å²) < 4.78 is 54.0. The van der Waals surface area contributed by atoms with Gasteiger partial charge < -0.3 is 10.1 Å². The van der Waals surface area contributed by atoms with E-state index in [9.17, 15) is 17.6 Å². The molecule has 1 aromatic rings. The van der Waals surface area contributed by atoms with Crippen LogP contribution in [0.15, 0.2) is 18.2 Å².